The average Bonchev–Trinajstić information content (AvgIpc) is 3.24. The number of nitrogens with zero attached hydrogens (tertiary/aromatic N) is 10. The van der Waals surface area contributed by atoms with E-state index in [1.54, 1.807) is 24.8 Å². The monoisotopic (exact) mass is 1340 g/mol. The van der Waals surface area contributed by atoms with Crippen LogP contribution in [0.15, 0.2) is 97.6 Å². The molecule has 0 saturated heterocycles. The molecule has 4 aromatic rings. The molecular weight excluding hydrogens is 1280 g/mol. The molecule has 0 saturated carbocycles. The summed E-state index contributed by atoms with van der Waals surface area (Å²) >= 11 is 14.8. The van der Waals surface area contributed by atoms with Crippen LogP contribution in [-0.2, 0) is 143 Å². The maximum atomic E-state index is 7.13. The summed E-state index contributed by atoms with van der Waals surface area (Å²) in [6.45, 7) is 36.3. The minimum absolute atomic E-state index is 0. The van der Waals surface area contributed by atoms with Crippen molar-refractivity contribution in [2.45, 2.75) is 83.1 Å². The second kappa shape index (κ2) is 88.8. The van der Waals surface area contributed by atoms with Gasteiger partial charge in [0.15, 0.2) is 0 Å². The van der Waals surface area contributed by atoms with Crippen molar-refractivity contribution in [1.82, 2.24) is 19.9 Å². The Morgan fingerprint density at radius 2 is 0.478 bits per heavy atom. The summed E-state index contributed by atoms with van der Waals surface area (Å²) in [5, 5.41) is 33.9. The summed E-state index contributed by atoms with van der Waals surface area (Å²) in [4.78, 5) is 15.9. The van der Waals surface area contributed by atoms with E-state index in [-0.39, 0.29) is 143 Å². The van der Waals surface area contributed by atoms with Gasteiger partial charge in [-0.05, 0) is 132 Å². The molecule has 0 unspecified atom stereocenters. The predicted molar refractivity (Wildman–Crippen MR) is 294 cm³/mol. The number of hydrogen-bond acceptors (Lipinski definition) is 8. The van der Waals surface area contributed by atoms with Crippen LogP contribution in [0.3, 0.4) is 0 Å². The van der Waals surface area contributed by atoms with E-state index >= 15 is 0 Å². The first-order chi connectivity index (χ1) is 27.7. The molecular formula is C44H68Cu4MoN10S8. The van der Waals surface area contributed by atoms with E-state index in [9.17, 15) is 0 Å². The van der Waals surface area contributed by atoms with Gasteiger partial charge in [-0.25, -0.2) is 0 Å². The molecule has 67 heavy (non-hydrogen) atoms. The van der Waals surface area contributed by atoms with Gasteiger partial charge in [0, 0.05) is 47.6 Å². The van der Waals surface area contributed by atoms with Crippen LogP contribution in [0.25, 0.3) is 21.6 Å². The second-order valence-corrected chi connectivity index (χ2v) is 12.2. The summed E-state index contributed by atoms with van der Waals surface area (Å²) in [7, 11) is 0. The van der Waals surface area contributed by atoms with Gasteiger partial charge in [-0.15, -0.1) is 0 Å². The van der Waals surface area contributed by atoms with Crippen LogP contribution >= 0.6 is 48.9 Å². The average molecular weight is 1340 g/mol. The Hall–Kier alpha value is -0.114. The molecule has 4 rings (SSSR count). The molecule has 0 fully saturated rings. The Balaban J connectivity index is -0.0000000347. The Kier molecular flexibility index (Phi) is 143. The van der Waals surface area contributed by atoms with Crippen LogP contribution in [0.5, 0.6) is 0 Å². The number of quaternary nitrogens is 2. The molecule has 0 amide bonds. The molecule has 0 atom stereocenters. The van der Waals surface area contributed by atoms with Gasteiger partial charge in [-0.1, -0.05) is 73.1 Å². The third kappa shape index (κ3) is 86.1. The van der Waals surface area contributed by atoms with Gasteiger partial charge >= 0.3 is 89.3 Å². The van der Waals surface area contributed by atoms with Gasteiger partial charge in [0.25, 0.3) is 0 Å². The molecule has 0 aliphatic carbocycles. The third-order valence-electron chi connectivity index (χ3n) is 8.62. The molecule has 10 nitrogen and oxygen atoms in total. The van der Waals surface area contributed by atoms with Gasteiger partial charge in [0.2, 0.25) is 0 Å². The molecule has 0 aliphatic heterocycles. The van der Waals surface area contributed by atoms with Crippen LogP contribution < -0.4 is 0 Å². The molecule has 4 aromatic heterocycles. The van der Waals surface area contributed by atoms with Crippen LogP contribution in [0.1, 0.15) is 78.2 Å². The quantitative estimate of drug-likeness (QED) is 0.0735. The van der Waals surface area contributed by atoms with Crippen molar-refractivity contribution < 1.29 is 98.3 Å². The first-order valence-electron chi connectivity index (χ1n) is 19.0. The van der Waals surface area contributed by atoms with Crippen LogP contribution in [0.2, 0.25) is 0 Å². The fraction of sp³-hybridized carbons (Fsp3) is 0.455. The molecule has 0 aromatic carbocycles. The molecule has 4 heterocycles. The summed E-state index contributed by atoms with van der Waals surface area (Å²) in [6.07, 6.45) is 7.15. The number of aromatic nitrogens is 4. The van der Waals surface area contributed by atoms with Gasteiger partial charge < -0.3 is 84.6 Å². The molecule has 0 aliphatic rings. The minimum Gasteiger partial charge on any atom is -2.00 e. The van der Waals surface area contributed by atoms with Crippen molar-refractivity contribution in [2.75, 3.05) is 52.4 Å². The van der Waals surface area contributed by atoms with E-state index in [2.05, 4.69) is 124 Å². The Morgan fingerprint density at radius 3 is 0.507 bits per heavy atom. The number of thiocarbonyl (C=S) groups is 4. The van der Waals surface area contributed by atoms with E-state index in [1.807, 2.05) is 100 Å². The number of isothiocyanates is 4. The van der Waals surface area contributed by atoms with Crippen molar-refractivity contribution in [3.8, 4) is 0 Å². The van der Waals surface area contributed by atoms with Gasteiger partial charge in [-0.2, -0.15) is 20.6 Å². The van der Waals surface area contributed by atoms with Crippen LogP contribution in [0.4, 0.5) is 0 Å². The molecule has 4 radical (unpaired) electrons. The molecule has 0 spiro atoms. The van der Waals surface area contributed by atoms with Crippen LogP contribution in [0, 0.1) is 27.7 Å². The first kappa shape index (κ1) is 108. The normalized spacial score (nSPS) is 7.34. The Morgan fingerprint density at radius 1 is 0.358 bits per heavy atom. The SMILES string of the molecule is CC[N+](CC)(CC)CC.CC[N+](CC)(CC)CC.Cc1ccccn1.Cc1ccccn1.Cc1ccccn1.Cc1ccccn1.[Cu+2].[Cu+2].[Cu+2].[Cu+2].[Mo+2].[N-]=C=S.[N-]=C=S.[N-]=C=S.[N-]=C=S.[S-2].[S-2].[S-2].[S-2]. The van der Waals surface area contributed by atoms with Gasteiger partial charge in [-0.3, -0.25) is 19.9 Å². The zero-order valence-electron chi connectivity index (χ0n) is 40.2. The molecule has 392 valence electrons. The van der Waals surface area contributed by atoms with Gasteiger partial charge in [0.05, 0.1) is 52.4 Å². The maximum Gasteiger partial charge on any atom is 2.00 e. The van der Waals surface area contributed by atoms with E-state index in [0.717, 1.165) is 22.8 Å². The van der Waals surface area contributed by atoms with E-state index in [1.165, 1.54) is 82.0 Å². The Labute approximate surface area is 513 Å². The summed E-state index contributed by atoms with van der Waals surface area (Å²) in [6, 6.07) is 23.4. The van der Waals surface area contributed by atoms with Crippen molar-refractivity contribution in [2.24, 2.45) is 0 Å². The molecule has 23 heteroatoms. The van der Waals surface area contributed by atoms with E-state index < -0.39 is 0 Å². The minimum atomic E-state index is 0. The first-order valence-corrected chi connectivity index (χ1v) is 20.6. The number of hydrogen-bond donors (Lipinski definition) is 0. The zero-order chi connectivity index (χ0) is 45.9. The van der Waals surface area contributed by atoms with Crippen molar-refractivity contribution in [3.63, 3.8) is 0 Å². The van der Waals surface area contributed by atoms with E-state index in [0.29, 0.717) is 0 Å². The fourth-order valence-electron chi connectivity index (χ4n) is 4.48. The largest absolute Gasteiger partial charge is 2.00 e. The number of aryl methyl sites for hydroxylation is 4. The second-order valence-electron chi connectivity index (χ2n) is 11.5. The maximum absolute atomic E-state index is 7.13. The molecule has 0 bridgehead atoms. The smallest absolute Gasteiger partial charge is 2.00 e. The number of pyridine rings is 4. The van der Waals surface area contributed by atoms with Gasteiger partial charge in [0.1, 0.15) is 0 Å². The summed E-state index contributed by atoms with van der Waals surface area (Å²) in [5.74, 6) is 0. The van der Waals surface area contributed by atoms with Crippen LogP contribution in [-0.4, -0.2) is 102 Å². The zero-order valence-corrected chi connectivity index (χ0v) is 52.6. The fourth-order valence-corrected chi connectivity index (χ4v) is 4.48. The van der Waals surface area contributed by atoms with Crippen molar-refractivity contribution in [1.29, 1.82) is 0 Å². The summed E-state index contributed by atoms with van der Waals surface area (Å²) < 4.78 is 2.56. The third-order valence-corrected chi connectivity index (χ3v) is 8.62. The van der Waals surface area contributed by atoms with E-state index in [4.69, 9.17) is 21.6 Å². The molecule has 0 N–H and O–H groups in total. The predicted octanol–water partition coefficient (Wildman–Crippen LogP) is 11.9. The number of rotatable bonds is 8. The Bertz CT molecular complexity index is 1320. The standard InChI is InChI=1S/2C8H20N.4C6H7N.4CNS.4Cu.Mo.4S/c2*1-5-9(6-2,7-3)8-4;4*1-6-4-2-3-5-7-6;4*2-1-3;;;;;;;;;/h2*5-8H2,1-4H3;4*2-5H,1H3;;;;;;;;;;;;;/q2*+1;;;;;4*-1;5*+2;4*-2. The van der Waals surface area contributed by atoms with Crippen molar-refractivity contribution >= 4 is 123 Å². The van der Waals surface area contributed by atoms with Crippen molar-refractivity contribution in [3.05, 3.63) is 142 Å². The summed E-state index contributed by atoms with van der Waals surface area (Å²) in [5.41, 5.74) is 4.29. The topological polar surface area (TPSA) is 141 Å².